The molecule has 2 rings (SSSR count). The second-order valence-corrected chi connectivity index (χ2v) is 3.87. The van der Waals surface area contributed by atoms with Gasteiger partial charge in [0.25, 0.3) is 0 Å². The largest absolute Gasteiger partial charge is 0.496 e. The van der Waals surface area contributed by atoms with Crippen LogP contribution in [0.15, 0.2) is 18.2 Å². The van der Waals surface area contributed by atoms with Gasteiger partial charge in [-0.25, -0.2) is 0 Å². The lowest BCUT2D eigenvalue weighted by molar-refractivity contribution is 0.370. The number of methoxy groups -OCH3 is 2. The van der Waals surface area contributed by atoms with Gasteiger partial charge in [0.05, 0.1) is 25.3 Å². The summed E-state index contributed by atoms with van der Waals surface area (Å²) >= 11 is 0. The van der Waals surface area contributed by atoms with Crippen LogP contribution >= 0.6 is 0 Å². The van der Waals surface area contributed by atoms with Crippen LogP contribution in [0.4, 0.5) is 0 Å². The molecule has 1 aromatic carbocycles. The highest BCUT2D eigenvalue weighted by molar-refractivity contribution is 5.51. The van der Waals surface area contributed by atoms with Gasteiger partial charge < -0.3 is 14.8 Å². The number of rotatable bonds is 4. The Morgan fingerprint density at radius 3 is 2.00 bits per heavy atom. The molecule has 0 bridgehead atoms. The second kappa shape index (κ2) is 3.74. The van der Waals surface area contributed by atoms with Crippen molar-refractivity contribution in [2.75, 3.05) is 21.3 Å². The normalized spacial score (nSPS) is 17.3. The van der Waals surface area contributed by atoms with E-state index in [-0.39, 0.29) is 5.54 Å². The van der Waals surface area contributed by atoms with Gasteiger partial charge >= 0.3 is 0 Å². The number of nitrogens with one attached hydrogen (secondary N) is 1. The number of hydrogen-bond acceptors (Lipinski definition) is 3. The minimum absolute atomic E-state index is 0.0674. The monoisotopic (exact) mass is 207 g/mol. The maximum absolute atomic E-state index is 5.40. The van der Waals surface area contributed by atoms with Crippen LogP contribution in [0.25, 0.3) is 0 Å². The average Bonchev–Trinajstić information content (AvgIpc) is 3.08. The zero-order valence-corrected chi connectivity index (χ0v) is 9.46. The molecule has 0 spiro atoms. The fraction of sp³-hybridized carbons (Fsp3) is 0.500. The molecule has 0 atom stereocenters. The molecule has 1 N–H and O–H groups in total. The van der Waals surface area contributed by atoms with E-state index in [4.69, 9.17) is 9.47 Å². The smallest absolute Gasteiger partial charge is 0.127 e. The van der Waals surface area contributed by atoms with Crippen LogP contribution < -0.4 is 14.8 Å². The molecule has 3 nitrogen and oxygen atoms in total. The summed E-state index contributed by atoms with van der Waals surface area (Å²) in [5, 5.41) is 3.36. The number of ether oxygens (including phenoxy) is 2. The summed E-state index contributed by atoms with van der Waals surface area (Å²) in [6.45, 7) is 0. The van der Waals surface area contributed by atoms with Crippen molar-refractivity contribution in [3.05, 3.63) is 23.8 Å². The van der Waals surface area contributed by atoms with Crippen molar-refractivity contribution >= 4 is 0 Å². The standard InChI is InChI=1S/C12H17NO2/c1-13-12(7-8-12)11-9(14-2)5-4-6-10(11)15-3/h4-6,13H,7-8H2,1-3H3. The minimum Gasteiger partial charge on any atom is -0.496 e. The van der Waals surface area contributed by atoms with Crippen LogP contribution in [0.5, 0.6) is 11.5 Å². The van der Waals surface area contributed by atoms with Crippen LogP contribution in [0.2, 0.25) is 0 Å². The van der Waals surface area contributed by atoms with E-state index in [0.717, 1.165) is 29.9 Å². The van der Waals surface area contributed by atoms with Crippen LogP contribution in [0.1, 0.15) is 18.4 Å². The molecule has 1 aliphatic carbocycles. The Hall–Kier alpha value is -1.22. The van der Waals surface area contributed by atoms with Gasteiger partial charge in [-0.3, -0.25) is 0 Å². The first-order chi connectivity index (χ1) is 7.27. The number of hydrogen-bond donors (Lipinski definition) is 1. The summed E-state index contributed by atoms with van der Waals surface area (Å²) in [6, 6.07) is 5.91. The van der Waals surface area contributed by atoms with Gasteiger partial charge in [0, 0.05) is 0 Å². The van der Waals surface area contributed by atoms with E-state index < -0.39 is 0 Å². The molecule has 82 valence electrons. The zero-order valence-electron chi connectivity index (χ0n) is 9.46. The molecule has 0 radical (unpaired) electrons. The van der Waals surface area contributed by atoms with Crippen molar-refractivity contribution in [1.82, 2.24) is 5.32 Å². The van der Waals surface area contributed by atoms with E-state index in [0.29, 0.717) is 0 Å². The third kappa shape index (κ3) is 1.57. The Labute approximate surface area is 90.4 Å². The predicted molar refractivity (Wildman–Crippen MR) is 59.5 cm³/mol. The van der Waals surface area contributed by atoms with Crippen molar-refractivity contribution in [3.8, 4) is 11.5 Å². The first kappa shape index (κ1) is 10.3. The van der Waals surface area contributed by atoms with Crippen LogP contribution in [-0.4, -0.2) is 21.3 Å². The topological polar surface area (TPSA) is 30.5 Å². The van der Waals surface area contributed by atoms with Crippen LogP contribution in [-0.2, 0) is 5.54 Å². The molecule has 0 aliphatic heterocycles. The molecule has 0 aromatic heterocycles. The maximum Gasteiger partial charge on any atom is 0.127 e. The van der Waals surface area contributed by atoms with Gasteiger partial charge in [0.2, 0.25) is 0 Å². The van der Waals surface area contributed by atoms with Gasteiger partial charge in [-0.1, -0.05) is 6.07 Å². The van der Waals surface area contributed by atoms with Crippen molar-refractivity contribution in [2.24, 2.45) is 0 Å². The predicted octanol–water partition coefficient (Wildman–Crippen LogP) is 1.91. The van der Waals surface area contributed by atoms with E-state index in [1.165, 1.54) is 0 Å². The summed E-state index contributed by atoms with van der Waals surface area (Å²) in [5.41, 5.74) is 1.22. The van der Waals surface area contributed by atoms with Crippen LogP contribution in [0, 0.1) is 0 Å². The molecule has 0 heterocycles. The Kier molecular flexibility index (Phi) is 2.57. The van der Waals surface area contributed by atoms with E-state index in [2.05, 4.69) is 5.32 Å². The van der Waals surface area contributed by atoms with E-state index in [9.17, 15) is 0 Å². The first-order valence-electron chi connectivity index (χ1n) is 5.18. The molecule has 15 heavy (non-hydrogen) atoms. The van der Waals surface area contributed by atoms with Gasteiger partial charge in [0.15, 0.2) is 0 Å². The Morgan fingerprint density at radius 1 is 1.13 bits per heavy atom. The van der Waals surface area contributed by atoms with Gasteiger partial charge in [-0.15, -0.1) is 0 Å². The first-order valence-corrected chi connectivity index (χ1v) is 5.18. The highest BCUT2D eigenvalue weighted by Crippen LogP contribution is 2.52. The Bertz CT molecular complexity index is 336. The molecule has 1 aliphatic rings. The van der Waals surface area contributed by atoms with Crippen molar-refractivity contribution < 1.29 is 9.47 Å². The maximum atomic E-state index is 5.40. The van der Waals surface area contributed by atoms with E-state index in [1.54, 1.807) is 14.2 Å². The minimum atomic E-state index is 0.0674. The summed E-state index contributed by atoms with van der Waals surface area (Å²) in [6.07, 6.45) is 2.28. The summed E-state index contributed by atoms with van der Waals surface area (Å²) in [5.74, 6) is 1.81. The fourth-order valence-corrected chi connectivity index (χ4v) is 2.07. The third-order valence-electron chi connectivity index (χ3n) is 3.13. The van der Waals surface area contributed by atoms with Gasteiger partial charge in [-0.05, 0) is 32.0 Å². The fourth-order valence-electron chi connectivity index (χ4n) is 2.07. The molecule has 1 fully saturated rings. The lowest BCUT2D eigenvalue weighted by Crippen LogP contribution is -2.25. The van der Waals surface area contributed by atoms with Crippen molar-refractivity contribution in [1.29, 1.82) is 0 Å². The number of benzene rings is 1. The third-order valence-corrected chi connectivity index (χ3v) is 3.13. The lowest BCUT2D eigenvalue weighted by atomic mass is 10.0. The SMILES string of the molecule is CNC1(c2c(OC)cccc2OC)CC1. The van der Waals surface area contributed by atoms with Gasteiger partial charge in [-0.2, -0.15) is 0 Å². The van der Waals surface area contributed by atoms with Crippen molar-refractivity contribution in [2.45, 2.75) is 18.4 Å². The molecular formula is C12H17NO2. The van der Waals surface area contributed by atoms with Crippen LogP contribution in [0.3, 0.4) is 0 Å². The Morgan fingerprint density at radius 2 is 1.67 bits per heavy atom. The summed E-state index contributed by atoms with van der Waals surface area (Å²) < 4.78 is 10.8. The van der Waals surface area contributed by atoms with E-state index in [1.807, 2.05) is 25.2 Å². The summed E-state index contributed by atoms with van der Waals surface area (Å²) in [4.78, 5) is 0. The molecule has 3 heteroatoms. The average molecular weight is 207 g/mol. The molecular weight excluding hydrogens is 190 g/mol. The molecule has 0 saturated heterocycles. The second-order valence-electron chi connectivity index (χ2n) is 3.87. The zero-order chi connectivity index (χ0) is 10.9. The molecule has 1 aromatic rings. The van der Waals surface area contributed by atoms with Crippen molar-refractivity contribution in [3.63, 3.8) is 0 Å². The molecule has 0 amide bonds. The highest BCUT2D eigenvalue weighted by atomic mass is 16.5. The quantitative estimate of drug-likeness (QED) is 0.818. The summed E-state index contributed by atoms with van der Waals surface area (Å²) in [7, 11) is 5.38. The highest BCUT2D eigenvalue weighted by Gasteiger charge is 2.46. The molecule has 0 unspecified atom stereocenters. The Balaban J connectivity index is 2.51. The molecule has 1 saturated carbocycles. The van der Waals surface area contributed by atoms with Gasteiger partial charge in [0.1, 0.15) is 11.5 Å². The van der Waals surface area contributed by atoms with E-state index >= 15 is 0 Å². The lowest BCUT2D eigenvalue weighted by Gasteiger charge is -2.20.